The number of hydrogen-bond acceptors (Lipinski definition) is 5. The van der Waals surface area contributed by atoms with Gasteiger partial charge in [-0.25, -0.2) is 19.3 Å². The average Bonchev–Trinajstić information content (AvgIpc) is 2.70. The van der Waals surface area contributed by atoms with Gasteiger partial charge in [-0.05, 0) is 0 Å². The van der Waals surface area contributed by atoms with Gasteiger partial charge in [-0.2, -0.15) is 0 Å². The second-order valence-corrected chi connectivity index (χ2v) is 2.56. The van der Waals surface area contributed by atoms with Crippen LogP contribution in [0, 0.1) is 5.82 Å². The Kier molecular flexibility index (Phi) is 2.35. The van der Waals surface area contributed by atoms with Crippen molar-refractivity contribution in [1.82, 2.24) is 15.0 Å². The van der Waals surface area contributed by atoms with Crippen molar-refractivity contribution in [2.45, 2.75) is 6.54 Å². The highest BCUT2D eigenvalue weighted by Crippen LogP contribution is 2.01. The molecule has 5 nitrogen and oxygen atoms in total. The Labute approximate surface area is 79.0 Å². The number of oxazole rings is 1. The van der Waals surface area contributed by atoms with Crippen LogP contribution in [0.4, 0.5) is 10.3 Å². The van der Waals surface area contributed by atoms with Crippen LogP contribution in [0.25, 0.3) is 0 Å². The van der Waals surface area contributed by atoms with Crippen molar-refractivity contribution < 1.29 is 8.81 Å². The molecule has 2 rings (SSSR count). The molecule has 2 aromatic heterocycles. The third-order valence-corrected chi connectivity index (χ3v) is 1.53. The van der Waals surface area contributed by atoms with Gasteiger partial charge in [-0.1, -0.05) is 0 Å². The van der Waals surface area contributed by atoms with E-state index in [1.54, 1.807) is 0 Å². The number of hydrogen-bond donors (Lipinski definition) is 1. The fourth-order valence-electron chi connectivity index (χ4n) is 0.898. The van der Waals surface area contributed by atoms with Gasteiger partial charge in [-0.3, -0.25) is 0 Å². The zero-order chi connectivity index (χ0) is 9.80. The van der Waals surface area contributed by atoms with Crippen molar-refractivity contribution in [2.75, 3.05) is 5.32 Å². The lowest BCUT2D eigenvalue weighted by Gasteiger charge is -2.00. The van der Waals surface area contributed by atoms with Crippen molar-refractivity contribution >= 4 is 5.95 Å². The molecule has 0 unspecified atom stereocenters. The van der Waals surface area contributed by atoms with Crippen molar-refractivity contribution in [3.8, 4) is 0 Å². The molecule has 0 saturated heterocycles. The van der Waals surface area contributed by atoms with Gasteiger partial charge in [0, 0.05) is 0 Å². The molecule has 0 aliphatic rings. The monoisotopic (exact) mass is 194 g/mol. The van der Waals surface area contributed by atoms with Crippen molar-refractivity contribution in [2.24, 2.45) is 0 Å². The summed E-state index contributed by atoms with van der Waals surface area (Å²) in [5, 5.41) is 2.86. The van der Waals surface area contributed by atoms with Crippen LogP contribution < -0.4 is 5.32 Å². The zero-order valence-electron chi connectivity index (χ0n) is 7.14. The van der Waals surface area contributed by atoms with E-state index in [0.717, 1.165) is 18.1 Å². The summed E-state index contributed by atoms with van der Waals surface area (Å²) >= 11 is 0. The predicted molar refractivity (Wildman–Crippen MR) is 45.8 cm³/mol. The summed E-state index contributed by atoms with van der Waals surface area (Å²) in [5.41, 5.74) is 0.734. The molecule has 72 valence electrons. The Morgan fingerprint density at radius 2 is 2.07 bits per heavy atom. The van der Waals surface area contributed by atoms with Crippen molar-refractivity contribution in [3.05, 3.63) is 36.6 Å². The van der Waals surface area contributed by atoms with E-state index in [1.807, 2.05) is 0 Å². The van der Waals surface area contributed by atoms with Gasteiger partial charge in [0.2, 0.25) is 5.95 Å². The first-order valence-corrected chi connectivity index (χ1v) is 3.93. The van der Waals surface area contributed by atoms with Crippen LogP contribution in [-0.4, -0.2) is 15.0 Å². The standard InChI is InChI=1S/C8H7FN4O/c9-6-1-10-8(11-2-6)12-3-7-4-14-5-13-7/h1-2,4-5H,3H2,(H,10,11,12). The molecule has 0 aliphatic heterocycles. The smallest absolute Gasteiger partial charge is 0.223 e. The molecular weight excluding hydrogens is 187 g/mol. The maximum Gasteiger partial charge on any atom is 0.223 e. The first-order chi connectivity index (χ1) is 6.84. The second kappa shape index (κ2) is 3.82. The third-order valence-electron chi connectivity index (χ3n) is 1.53. The highest BCUT2D eigenvalue weighted by Gasteiger charge is 1.98. The molecule has 1 N–H and O–H groups in total. The van der Waals surface area contributed by atoms with Crippen molar-refractivity contribution in [3.63, 3.8) is 0 Å². The number of rotatable bonds is 3. The molecule has 0 bridgehead atoms. The van der Waals surface area contributed by atoms with Crippen molar-refractivity contribution in [1.29, 1.82) is 0 Å². The molecule has 6 heteroatoms. The first-order valence-electron chi connectivity index (χ1n) is 3.93. The van der Waals surface area contributed by atoms with E-state index in [0.29, 0.717) is 12.5 Å². The minimum absolute atomic E-state index is 0.356. The molecule has 2 aromatic rings. The van der Waals surface area contributed by atoms with E-state index < -0.39 is 5.82 Å². The molecule has 14 heavy (non-hydrogen) atoms. The molecule has 0 aromatic carbocycles. The van der Waals surface area contributed by atoms with Gasteiger partial charge in [0.1, 0.15) is 6.26 Å². The van der Waals surface area contributed by atoms with E-state index in [9.17, 15) is 4.39 Å². The number of nitrogens with zero attached hydrogens (tertiary/aromatic N) is 3. The quantitative estimate of drug-likeness (QED) is 0.795. The minimum atomic E-state index is -0.461. The van der Waals surface area contributed by atoms with Crippen LogP contribution in [-0.2, 0) is 6.54 Å². The SMILES string of the molecule is Fc1cnc(NCc2cocn2)nc1. The van der Waals surface area contributed by atoms with E-state index >= 15 is 0 Å². The van der Waals surface area contributed by atoms with E-state index in [1.165, 1.54) is 12.7 Å². The summed E-state index contributed by atoms with van der Waals surface area (Å²) in [5.74, 6) is -0.105. The summed E-state index contributed by atoms with van der Waals surface area (Å²) < 4.78 is 17.2. The molecule has 0 spiro atoms. The van der Waals surface area contributed by atoms with Crippen LogP contribution in [0.1, 0.15) is 5.69 Å². The molecule has 0 saturated carbocycles. The van der Waals surface area contributed by atoms with Gasteiger partial charge in [-0.15, -0.1) is 0 Å². The van der Waals surface area contributed by atoms with Gasteiger partial charge in [0.25, 0.3) is 0 Å². The summed E-state index contributed by atoms with van der Waals surface area (Å²) in [6.45, 7) is 0.447. The molecule has 0 fully saturated rings. The lowest BCUT2D eigenvalue weighted by molar-refractivity contribution is 0.556. The summed E-state index contributed by atoms with van der Waals surface area (Å²) in [4.78, 5) is 11.3. The normalized spacial score (nSPS) is 10.1. The van der Waals surface area contributed by atoms with Crippen LogP contribution in [0.15, 0.2) is 29.5 Å². The van der Waals surface area contributed by atoms with E-state index in [4.69, 9.17) is 4.42 Å². The molecule has 0 amide bonds. The Morgan fingerprint density at radius 1 is 1.29 bits per heavy atom. The zero-order valence-corrected chi connectivity index (χ0v) is 7.14. The summed E-state index contributed by atoms with van der Waals surface area (Å²) in [7, 11) is 0. The average molecular weight is 194 g/mol. The Morgan fingerprint density at radius 3 is 2.71 bits per heavy atom. The first kappa shape index (κ1) is 8.61. The highest BCUT2D eigenvalue weighted by molar-refractivity contribution is 5.23. The molecule has 2 heterocycles. The number of aromatic nitrogens is 3. The fraction of sp³-hybridized carbons (Fsp3) is 0.125. The van der Waals surface area contributed by atoms with Gasteiger partial charge in [0.15, 0.2) is 12.2 Å². The fourth-order valence-corrected chi connectivity index (χ4v) is 0.898. The molecule has 0 radical (unpaired) electrons. The van der Waals surface area contributed by atoms with Crippen LogP contribution in [0.5, 0.6) is 0 Å². The van der Waals surface area contributed by atoms with Crippen LogP contribution in [0.2, 0.25) is 0 Å². The maximum absolute atomic E-state index is 12.4. The number of nitrogens with one attached hydrogen (secondary N) is 1. The Hall–Kier alpha value is -1.98. The van der Waals surface area contributed by atoms with Crippen LogP contribution >= 0.6 is 0 Å². The second-order valence-electron chi connectivity index (χ2n) is 2.56. The highest BCUT2D eigenvalue weighted by atomic mass is 19.1. The Bertz CT molecular complexity index is 386. The minimum Gasteiger partial charge on any atom is -0.451 e. The van der Waals surface area contributed by atoms with Gasteiger partial charge >= 0.3 is 0 Å². The molecular formula is C8H7FN4O. The van der Waals surface area contributed by atoms with Gasteiger partial charge < -0.3 is 9.73 Å². The number of anilines is 1. The summed E-state index contributed by atoms with van der Waals surface area (Å²) in [6, 6.07) is 0. The summed E-state index contributed by atoms with van der Waals surface area (Å²) in [6.07, 6.45) is 5.04. The lowest BCUT2D eigenvalue weighted by Crippen LogP contribution is -2.03. The maximum atomic E-state index is 12.4. The van der Waals surface area contributed by atoms with Crippen LogP contribution in [0.3, 0.4) is 0 Å². The molecule has 0 atom stereocenters. The van der Waals surface area contributed by atoms with E-state index in [2.05, 4.69) is 20.3 Å². The number of halogens is 1. The molecule has 0 aliphatic carbocycles. The lowest BCUT2D eigenvalue weighted by atomic mass is 10.5. The third kappa shape index (κ3) is 2.03. The largest absolute Gasteiger partial charge is 0.451 e. The van der Waals surface area contributed by atoms with Gasteiger partial charge in [0.05, 0.1) is 24.6 Å². The predicted octanol–water partition coefficient (Wildman–Crippen LogP) is 1.22. The van der Waals surface area contributed by atoms with E-state index in [-0.39, 0.29) is 0 Å². The topological polar surface area (TPSA) is 63.8 Å². The Balaban J connectivity index is 1.95.